The number of nitrogens with zero attached hydrogens (tertiary/aromatic N) is 4. The minimum Gasteiger partial charge on any atom is -0.508 e. The molecule has 6 aromatic rings. The largest absolute Gasteiger partial charge is 0.508 e. The van der Waals surface area contributed by atoms with Crippen molar-refractivity contribution in [2.45, 2.75) is 0 Å². The van der Waals surface area contributed by atoms with E-state index in [0.29, 0.717) is 23.0 Å². The zero-order valence-corrected chi connectivity index (χ0v) is 20.2. The Kier molecular flexibility index (Phi) is 6.04. The lowest BCUT2D eigenvalue weighted by molar-refractivity contribution is 0.475. The molecule has 0 aliphatic carbocycles. The maximum absolute atomic E-state index is 9.80. The van der Waals surface area contributed by atoms with Gasteiger partial charge >= 0.3 is 0 Å². The normalized spacial score (nSPS) is 10.8. The second kappa shape index (κ2) is 9.95. The lowest BCUT2D eigenvalue weighted by atomic mass is 10.1. The van der Waals surface area contributed by atoms with Crippen LogP contribution in [0.15, 0.2) is 121 Å². The first-order valence-corrected chi connectivity index (χ1v) is 12.1. The van der Waals surface area contributed by atoms with Crippen LogP contribution < -0.4 is 0 Å². The molecule has 0 radical (unpaired) electrons. The quantitative estimate of drug-likeness (QED) is 0.268. The summed E-state index contributed by atoms with van der Waals surface area (Å²) in [7, 11) is 0. The Morgan fingerprint density at radius 2 is 0.632 bits per heavy atom. The number of hydrogen-bond acceptors (Lipinski definition) is 6. The molecule has 2 heterocycles. The maximum Gasteiger partial charge on any atom is 0.198 e. The monoisotopic (exact) mass is 494 g/mol. The van der Waals surface area contributed by atoms with Crippen LogP contribution >= 0.6 is 0 Å². The molecular formula is C32H22N4O2. The van der Waals surface area contributed by atoms with E-state index in [2.05, 4.69) is 0 Å². The Hall–Kier alpha value is -5.36. The zero-order valence-electron chi connectivity index (χ0n) is 20.2. The van der Waals surface area contributed by atoms with Gasteiger partial charge in [-0.25, -0.2) is 19.9 Å². The molecule has 0 fully saturated rings. The third kappa shape index (κ3) is 4.83. The molecule has 0 aliphatic heterocycles. The van der Waals surface area contributed by atoms with Crippen molar-refractivity contribution in [3.05, 3.63) is 121 Å². The van der Waals surface area contributed by atoms with Crippen LogP contribution in [-0.4, -0.2) is 30.1 Å². The Bertz CT molecular complexity index is 1570. The van der Waals surface area contributed by atoms with Crippen molar-refractivity contribution in [1.82, 2.24) is 19.9 Å². The smallest absolute Gasteiger partial charge is 0.198 e. The van der Waals surface area contributed by atoms with E-state index in [9.17, 15) is 10.2 Å². The predicted molar refractivity (Wildman–Crippen MR) is 148 cm³/mol. The number of aromatic hydroxyl groups is 2. The first-order chi connectivity index (χ1) is 18.6. The van der Waals surface area contributed by atoms with Crippen LogP contribution in [0.5, 0.6) is 11.5 Å². The van der Waals surface area contributed by atoms with Crippen molar-refractivity contribution < 1.29 is 10.2 Å². The first-order valence-electron chi connectivity index (χ1n) is 12.1. The van der Waals surface area contributed by atoms with Crippen molar-refractivity contribution in [3.63, 3.8) is 0 Å². The standard InChI is InChI=1S/C32H22N4O2/c37-25-15-11-23(12-16-25)29-19-27(21-7-3-1-4-8-21)33-31(35-29)32-34-28(22-9-5-2-6-10-22)20-30(36-32)24-13-17-26(38)18-14-24/h1-20,37-38H. The number of rotatable bonds is 5. The van der Waals surface area contributed by atoms with Crippen molar-refractivity contribution in [3.8, 4) is 68.2 Å². The van der Waals surface area contributed by atoms with E-state index in [1.807, 2.05) is 97.1 Å². The number of hydrogen-bond donors (Lipinski definition) is 2. The van der Waals surface area contributed by atoms with Gasteiger partial charge in [0.2, 0.25) is 0 Å². The minimum atomic E-state index is 0.184. The van der Waals surface area contributed by atoms with Gasteiger partial charge in [0.1, 0.15) is 11.5 Å². The molecule has 0 atom stereocenters. The minimum absolute atomic E-state index is 0.184. The van der Waals surface area contributed by atoms with Crippen LogP contribution in [0.3, 0.4) is 0 Å². The highest BCUT2D eigenvalue weighted by molar-refractivity contribution is 5.74. The van der Waals surface area contributed by atoms with Gasteiger partial charge in [-0.05, 0) is 60.7 Å². The van der Waals surface area contributed by atoms with Crippen molar-refractivity contribution in [2.24, 2.45) is 0 Å². The molecule has 2 N–H and O–H groups in total. The number of benzene rings is 4. The van der Waals surface area contributed by atoms with Crippen molar-refractivity contribution in [1.29, 1.82) is 0 Å². The predicted octanol–water partition coefficient (Wildman–Crippen LogP) is 7.01. The maximum atomic E-state index is 9.80. The van der Waals surface area contributed by atoms with Gasteiger partial charge in [0, 0.05) is 22.3 Å². The average Bonchev–Trinajstić information content (AvgIpc) is 2.98. The van der Waals surface area contributed by atoms with Crippen LogP contribution in [0.1, 0.15) is 0 Å². The fraction of sp³-hybridized carbons (Fsp3) is 0. The fourth-order valence-electron chi connectivity index (χ4n) is 4.17. The van der Waals surface area contributed by atoms with E-state index in [0.717, 1.165) is 33.6 Å². The van der Waals surface area contributed by atoms with Gasteiger partial charge in [-0.2, -0.15) is 0 Å². The van der Waals surface area contributed by atoms with E-state index >= 15 is 0 Å². The summed E-state index contributed by atoms with van der Waals surface area (Å²) >= 11 is 0. The molecule has 0 saturated carbocycles. The molecule has 38 heavy (non-hydrogen) atoms. The molecule has 0 amide bonds. The molecule has 6 rings (SSSR count). The number of aromatic nitrogens is 4. The molecule has 6 heteroatoms. The second-order valence-corrected chi connectivity index (χ2v) is 8.75. The highest BCUT2D eigenvalue weighted by Crippen LogP contribution is 2.30. The Balaban J connectivity index is 1.57. The van der Waals surface area contributed by atoms with Crippen LogP contribution in [0.4, 0.5) is 0 Å². The molecule has 0 spiro atoms. The molecule has 0 bridgehead atoms. The lowest BCUT2D eigenvalue weighted by Gasteiger charge is -2.11. The lowest BCUT2D eigenvalue weighted by Crippen LogP contribution is -2.01. The second-order valence-electron chi connectivity index (χ2n) is 8.75. The highest BCUT2D eigenvalue weighted by atomic mass is 16.3. The van der Waals surface area contributed by atoms with E-state index in [1.165, 1.54) is 0 Å². The van der Waals surface area contributed by atoms with Crippen LogP contribution in [0.25, 0.3) is 56.7 Å². The van der Waals surface area contributed by atoms with Gasteiger partial charge < -0.3 is 10.2 Å². The Morgan fingerprint density at radius 1 is 0.342 bits per heavy atom. The molecule has 2 aromatic heterocycles. The highest BCUT2D eigenvalue weighted by Gasteiger charge is 2.16. The summed E-state index contributed by atoms with van der Waals surface area (Å²) in [4.78, 5) is 19.5. The zero-order chi connectivity index (χ0) is 25.9. The SMILES string of the molecule is Oc1ccc(-c2cc(-c3ccccc3)nc(-c3nc(-c4ccccc4)cc(-c4ccc(O)cc4)n3)n2)cc1. The van der Waals surface area contributed by atoms with Gasteiger partial charge in [0.25, 0.3) is 0 Å². The summed E-state index contributed by atoms with van der Waals surface area (Å²) in [5.74, 6) is 1.13. The summed E-state index contributed by atoms with van der Waals surface area (Å²) in [6.07, 6.45) is 0. The molecule has 0 aliphatic rings. The van der Waals surface area contributed by atoms with Crippen molar-refractivity contribution >= 4 is 0 Å². The summed E-state index contributed by atoms with van der Waals surface area (Å²) in [5.41, 5.74) is 6.39. The molecular weight excluding hydrogens is 472 g/mol. The van der Waals surface area contributed by atoms with Gasteiger partial charge in [0.05, 0.1) is 22.8 Å². The third-order valence-electron chi connectivity index (χ3n) is 6.12. The van der Waals surface area contributed by atoms with Gasteiger partial charge in [-0.1, -0.05) is 60.7 Å². The topological polar surface area (TPSA) is 92.0 Å². The Morgan fingerprint density at radius 3 is 0.947 bits per heavy atom. The summed E-state index contributed by atoms with van der Waals surface area (Å²) in [6.45, 7) is 0. The fourth-order valence-corrected chi connectivity index (χ4v) is 4.17. The number of phenols is 2. The molecule has 182 valence electrons. The molecule has 0 unspecified atom stereocenters. The summed E-state index contributed by atoms with van der Waals surface area (Å²) < 4.78 is 0. The van der Waals surface area contributed by atoms with E-state index in [-0.39, 0.29) is 11.5 Å². The third-order valence-corrected chi connectivity index (χ3v) is 6.12. The van der Waals surface area contributed by atoms with Crippen molar-refractivity contribution in [2.75, 3.05) is 0 Å². The van der Waals surface area contributed by atoms with Gasteiger partial charge in [0.15, 0.2) is 11.6 Å². The summed E-state index contributed by atoms with van der Waals surface area (Å²) in [6, 6.07) is 37.4. The van der Waals surface area contributed by atoms with Gasteiger partial charge in [-0.15, -0.1) is 0 Å². The molecule has 4 aromatic carbocycles. The van der Waals surface area contributed by atoms with Crippen LogP contribution in [0.2, 0.25) is 0 Å². The number of phenolic OH excluding ortho intramolecular Hbond substituents is 2. The van der Waals surface area contributed by atoms with E-state index in [4.69, 9.17) is 19.9 Å². The molecule has 0 saturated heterocycles. The van der Waals surface area contributed by atoms with E-state index < -0.39 is 0 Å². The first kappa shape index (κ1) is 23.1. The van der Waals surface area contributed by atoms with Crippen LogP contribution in [-0.2, 0) is 0 Å². The van der Waals surface area contributed by atoms with Gasteiger partial charge in [-0.3, -0.25) is 0 Å². The van der Waals surface area contributed by atoms with E-state index in [1.54, 1.807) is 24.3 Å². The summed E-state index contributed by atoms with van der Waals surface area (Å²) in [5, 5.41) is 19.6. The Labute approximate surface area is 219 Å². The van der Waals surface area contributed by atoms with Crippen LogP contribution in [0, 0.1) is 0 Å². The molecule has 6 nitrogen and oxygen atoms in total. The average molecular weight is 495 g/mol.